The van der Waals surface area contributed by atoms with E-state index in [1.54, 1.807) is 16.7 Å². The smallest absolute Gasteiger partial charge is 0.416 e. The van der Waals surface area contributed by atoms with E-state index in [-0.39, 0.29) is 55.0 Å². The fraction of sp³-hybridized carbons (Fsp3) is 0.571. The molecule has 34 heavy (non-hydrogen) atoms. The van der Waals surface area contributed by atoms with Crippen molar-refractivity contribution in [2.45, 2.75) is 31.4 Å². The first kappa shape index (κ1) is 24.6. The Bertz CT molecular complexity index is 991. The zero-order valence-corrected chi connectivity index (χ0v) is 19.4. The van der Waals surface area contributed by atoms with Gasteiger partial charge in [-0.3, -0.25) is 9.11 Å². The van der Waals surface area contributed by atoms with Crippen molar-refractivity contribution in [3.05, 3.63) is 41.3 Å². The number of rotatable bonds is 4. The number of carbonyl (C=O) groups excluding carboxylic acids is 1. The Labute approximate surface area is 196 Å². The van der Waals surface area contributed by atoms with Gasteiger partial charge in [0.25, 0.3) is 0 Å². The van der Waals surface area contributed by atoms with Crippen LogP contribution >= 0.6 is 10.6 Å². The number of likely N-dealkylation sites (tertiary alicyclic amines) is 1. The second kappa shape index (κ2) is 9.62. The maximum Gasteiger partial charge on any atom is 0.416 e. The molecule has 2 atom stereocenters. The van der Waals surface area contributed by atoms with Crippen molar-refractivity contribution >= 4 is 16.6 Å². The average Bonchev–Trinajstić information content (AvgIpc) is 3.27. The van der Waals surface area contributed by atoms with Crippen LogP contribution in [0, 0.1) is 0 Å². The summed E-state index contributed by atoms with van der Waals surface area (Å²) in [5, 5.41) is 3.79. The molecule has 188 valence electrons. The van der Waals surface area contributed by atoms with Gasteiger partial charge in [0.1, 0.15) is 0 Å². The van der Waals surface area contributed by atoms with Gasteiger partial charge in [-0.2, -0.15) is 28.7 Å². The summed E-state index contributed by atoms with van der Waals surface area (Å²) in [6.45, 7) is 3.18. The number of piperidine rings is 1. The minimum atomic E-state index is -4.43. The van der Waals surface area contributed by atoms with Gasteiger partial charge in [-0.25, -0.2) is 4.79 Å². The predicted molar refractivity (Wildman–Crippen MR) is 118 cm³/mol. The van der Waals surface area contributed by atoms with Crippen LogP contribution < -0.4 is 4.74 Å². The molecule has 4 rings (SSSR count). The third kappa shape index (κ3) is 5.58. The van der Waals surface area contributed by atoms with E-state index in [0.29, 0.717) is 31.0 Å². The van der Waals surface area contributed by atoms with Crippen molar-refractivity contribution in [2.24, 2.45) is 0 Å². The number of hydrogen-bond donors (Lipinski definition) is 2. The maximum absolute atomic E-state index is 13.3. The summed E-state index contributed by atoms with van der Waals surface area (Å²) in [4.78, 5) is 20.7. The molecule has 1 aromatic heterocycles. The van der Waals surface area contributed by atoms with Gasteiger partial charge in [-0.1, -0.05) is 12.1 Å². The number of amides is 2. The van der Waals surface area contributed by atoms with Gasteiger partial charge in [0.15, 0.2) is 0 Å². The van der Waals surface area contributed by atoms with Gasteiger partial charge in [0.05, 0.1) is 29.6 Å². The lowest BCUT2D eigenvalue weighted by Gasteiger charge is -2.44. The van der Waals surface area contributed by atoms with Crippen LogP contribution in [0.25, 0.3) is 0 Å². The van der Waals surface area contributed by atoms with E-state index in [9.17, 15) is 27.1 Å². The lowest BCUT2D eigenvalue weighted by molar-refractivity contribution is -0.137. The van der Waals surface area contributed by atoms with E-state index in [1.165, 1.54) is 12.1 Å². The lowest BCUT2D eigenvalue weighted by atomic mass is 9.84. The van der Waals surface area contributed by atoms with Crippen molar-refractivity contribution in [1.29, 1.82) is 0 Å². The average molecular weight is 505 g/mol. The summed E-state index contributed by atoms with van der Waals surface area (Å²) in [6, 6.07) is 4.79. The van der Waals surface area contributed by atoms with Gasteiger partial charge in [-0.05, 0) is 36.2 Å². The highest BCUT2D eigenvalue weighted by molar-refractivity contribution is 8.24. The molecule has 2 fully saturated rings. The number of hydrogen-bond acceptors (Lipinski definition) is 7. The number of alkyl halides is 3. The largest absolute Gasteiger partial charge is 0.462 e. The standard InChI is InChI=1S/C21H27F3N4O5S/c1-2-32-19-25-18(33-26-19)16-11-15(14-3-5-17(6-4-14)21(22,23)24)12-28(13-16)20(29)27-7-9-34(30,31)10-8-27/h3-6,15-16,30-31H,2,7-13H2,1H3. The fourth-order valence-corrected chi connectivity index (χ4v) is 5.54. The molecule has 0 saturated carbocycles. The molecule has 3 heterocycles. The zero-order chi connectivity index (χ0) is 24.5. The fourth-order valence-electron chi connectivity index (χ4n) is 4.31. The van der Waals surface area contributed by atoms with Crippen LogP contribution in [0.2, 0.25) is 0 Å². The van der Waals surface area contributed by atoms with Crippen molar-refractivity contribution in [3.63, 3.8) is 0 Å². The number of nitrogens with zero attached hydrogens (tertiary/aromatic N) is 4. The summed E-state index contributed by atoms with van der Waals surface area (Å²) in [5.41, 5.74) is -0.0602. The molecule has 2 N–H and O–H groups in total. The summed E-state index contributed by atoms with van der Waals surface area (Å²) < 4.78 is 69.4. The van der Waals surface area contributed by atoms with Crippen molar-refractivity contribution in [3.8, 4) is 6.01 Å². The molecule has 2 aliphatic rings. The minimum absolute atomic E-state index is 0.0910. The zero-order valence-electron chi connectivity index (χ0n) is 18.6. The molecule has 2 aromatic rings. The van der Waals surface area contributed by atoms with Crippen LogP contribution in [0.1, 0.15) is 42.2 Å². The van der Waals surface area contributed by atoms with Gasteiger partial charge in [0, 0.05) is 32.1 Å². The summed E-state index contributed by atoms with van der Waals surface area (Å²) in [6.07, 6.45) is -3.93. The first-order valence-electron chi connectivity index (χ1n) is 11.0. The molecular weight excluding hydrogens is 477 g/mol. The Morgan fingerprint density at radius 2 is 1.79 bits per heavy atom. The number of ether oxygens (including phenoxy) is 1. The monoisotopic (exact) mass is 504 g/mol. The van der Waals surface area contributed by atoms with E-state index in [1.807, 2.05) is 0 Å². The predicted octanol–water partition coefficient (Wildman–Crippen LogP) is 4.25. The first-order chi connectivity index (χ1) is 16.1. The highest BCUT2D eigenvalue weighted by Gasteiger charge is 2.38. The van der Waals surface area contributed by atoms with E-state index in [0.717, 1.165) is 12.1 Å². The van der Waals surface area contributed by atoms with Crippen molar-refractivity contribution in [2.75, 3.05) is 44.3 Å². The van der Waals surface area contributed by atoms with E-state index in [2.05, 4.69) is 10.1 Å². The SMILES string of the molecule is CCOc1noc(C2CC(c3ccc(C(F)(F)F)cc3)CN(C(=O)N3CCS(O)(O)CC3)C2)n1. The Hall–Kier alpha value is -2.51. The number of carbonyl (C=O) groups is 1. The lowest BCUT2D eigenvalue weighted by Crippen LogP contribution is -2.52. The van der Waals surface area contributed by atoms with Crippen molar-refractivity contribution in [1.82, 2.24) is 19.9 Å². The minimum Gasteiger partial charge on any atom is -0.462 e. The third-order valence-electron chi connectivity index (χ3n) is 6.12. The van der Waals surface area contributed by atoms with Gasteiger partial charge < -0.3 is 19.1 Å². The molecule has 13 heteroatoms. The number of halogens is 3. The van der Waals surface area contributed by atoms with Crippen LogP contribution in [0.5, 0.6) is 6.01 Å². The van der Waals surface area contributed by atoms with Crippen molar-refractivity contribution < 1.29 is 36.3 Å². The van der Waals surface area contributed by atoms with E-state index < -0.39 is 22.3 Å². The van der Waals surface area contributed by atoms with E-state index >= 15 is 0 Å². The van der Waals surface area contributed by atoms with Crippen LogP contribution in [-0.2, 0) is 6.18 Å². The molecule has 9 nitrogen and oxygen atoms in total. The molecule has 0 bridgehead atoms. The summed E-state index contributed by atoms with van der Waals surface area (Å²) >= 11 is 0. The van der Waals surface area contributed by atoms with Crippen LogP contribution in [0.3, 0.4) is 0 Å². The van der Waals surface area contributed by atoms with Gasteiger partial charge in [-0.15, -0.1) is 0 Å². The molecule has 2 saturated heterocycles. The number of urea groups is 1. The summed E-state index contributed by atoms with van der Waals surface area (Å²) in [5.74, 6) is -0.0421. The Kier molecular flexibility index (Phi) is 6.97. The molecule has 1 aromatic carbocycles. The van der Waals surface area contributed by atoms with Crippen LogP contribution in [-0.4, -0.2) is 79.4 Å². The van der Waals surface area contributed by atoms with Crippen LogP contribution in [0.4, 0.5) is 18.0 Å². The van der Waals surface area contributed by atoms with Crippen LogP contribution in [0.15, 0.2) is 28.8 Å². The molecular formula is C21H27F3N4O5S. The number of benzene rings is 1. The second-order valence-electron chi connectivity index (χ2n) is 8.48. The normalized spacial score (nSPS) is 24.1. The maximum atomic E-state index is 13.3. The van der Waals surface area contributed by atoms with Gasteiger partial charge >= 0.3 is 18.2 Å². The highest BCUT2D eigenvalue weighted by Crippen LogP contribution is 2.41. The molecule has 2 unspecified atom stereocenters. The Morgan fingerprint density at radius 3 is 2.41 bits per heavy atom. The van der Waals surface area contributed by atoms with Gasteiger partial charge in [0.2, 0.25) is 5.89 Å². The number of aromatic nitrogens is 2. The molecule has 2 aliphatic heterocycles. The van der Waals surface area contributed by atoms with E-state index in [4.69, 9.17) is 9.26 Å². The molecule has 0 aliphatic carbocycles. The molecule has 0 radical (unpaired) electrons. The highest BCUT2D eigenvalue weighted by atomic mass is 32.3. The Morgan fingerprint density at radius 1 is 1.15 bits per heavy atom. The topological polar surface area (TPSA) is 112 Å². The summed E-state index contributed by atoms with van der Waals surface area (Å²) in [7, 11) is -2.66. The third-order valence-corrected chi connectivity index (χ3v) is 7.80. The Balaban J connectivity index is 1.56. The molecule has 2 amide bonds. The first-order valence-corrected chi connectivity index (χ1v) is 12.8. The molecule has 0 spiro atoms. The quantitative estimate of drug-likeness (QED) is 0.640. The second-order valence-corrected chi connectivity index (χ2v) is 10.9.